The zero-order chi connectivity index (χ0) is 15.7. The summed E-state index contributed by atoms with van der Waals surface area (Å²) in [7, 11) is 0. The summed E-state index contributed by atoms with van der Waals surface area (Å²) in [6.07, 6.45) is 2.25. The van der Waals surface area contributed by atoms with Crippen LogP contribution in [0.5, 0.6) is 0 Å². The molecule has 20 heavy (non-hydrogen) atoms. The summed E-state index contributed by atoms with van der Waals surface area (Å²) in [6, 6.07) is 0. The third-order valence-corrected chi connectivity index (χ3v) is 4.35. The zero-order valence-corrected chi connectivity index (χ0v) is 13.6. The van der Waals surface area contributed by atoms with Gasteiger partial charge in [0.25, 0.3) is 0 Å². The Morgan fingerprint density at radius 2 is 1.80 bits per heavy atom. The molecule has 1 amide bonds. The second-order valence-corrected chi connectivity index (χ2v) is 7.72. The van der Waals surface area contributed by atoms with Crippen LogP contribution in [-0.2, 0) is 9.59 Å². The molecular formula is C16H29NO3. The fraction of sp³-hybridized carbons (Fsp3) is 0.875. The number of amides is 1. The highest BCUT2D eigenvalue weighted by Gasteiger charge is 2.56. The van der Waals surface area contributed by atoms with Gasteiger partial charge >= 0.3 is 5.97 Å². The van der Waals surface area contributed by atoms with Crippen molar-refractivity contribution in [1.82, 2.24) is 5.32 Å². The molecule has 0 saturated heterocycles. The lowest BCUT2D eigenvalue weighted by molar-refractivity contribution is -0.167. The number of hydrogen-bond acceptors (Lipinski definition) is 2. The Kier molecular flexibility index (Phi) is 4.88. The Hall–Kier alpha value is -1.06. The van der Waals surface area contributed by atoms with E-state index in [4.69, 9.17) is 0 Å². The standard InChI is InChI=1S/C16H29NO3/c1-10(2)12-8-7-11(3)9-16(12,14(19)20)13(18)17-15(4,5)6/h10-12H,7-9H2,1-6H3,(H,17,18)(H,19,20). The summed E-state index contributed by atoms with van der Waals surface area (Å²) in [6.45, 7) is 11.7. The summed E-state index contributed by atoms with van der Waals surface area (Å²) in [4.78, 5) is 24.7. The van der Waals surface area contributed by atoms with Gasteiger partial charge in [0.15, 0.2) is 0 Å². The van der Waals surface area contributed by atoms with Crippen LogP contribution in [0.3, 0.4) is 0 Å². The molecule has 0 aromatic heterocycles. The molecule has 1 fully saturated rings. The maximum absolute atomic E-state index is 12.7. The zero-order valence-electron chi connectivity index (χ0n) is 13.6. The second kappa shape index (κ2) is 5.74. The fourth-order valence-corrected chi connectivity index (χ4v) is 3.47. The van der Waals surface area contributed by atoms with E-state index in [0.717, 1.165) is 12.8 Å². The molecule has 1 aliphatic carbocycles. The highest BCUT2D eigenvalue weighted by Crippen LogP contribution is 2.48. The highest BCUT2D eigenvalue weighted by molar-refractivity contribution is 6.02. The number of aliphatic carboxylic acids is 1. The van der Waals surface area contributed by atoms with E-state index in [2.05, 4.69) is 5.32 Å². The van der Waals surface area contributed by atoms with Gasteiger partial charge in [0.2, 0.25) is 5.91 Å². The van der Waals surface area contributed by atoms with Gasteiger partial charge in [-0.15, -0.1) is 0 Å². The third kappa shape index (κ3) is 3.33. The predicted octanol–water partition coefficient (Wildman–Crippen LogP) is 3.06. The minimum atomic E-state index is -1.28. The van der Waals surface area contributed by atoms with Crippen molar-refractivity contribution in [3.05, 3.63) is 0 Å². The molecular weight excluding hydrogens is 254 g/mol. The molecule has 4 nitrogen and oxygen atoms in total. The first-order valence-electron chi connectivity index (χ1n) is 7.56. The van der Waals surface area contributed by atoms with Gasteiger partial charge in [-0.3, -0.25) is 9.59 Å². The van der Waals surface area contributed by atoms with Crippen LogP contribution in [0.15, 0.2) is 0 Å². The van der Waals surface area contributed by atoms with Crippen LogP contribution >= 0.6 is 0 Å². The fourth-order valence-electron chi connectivity index (χ4n) is 3.47. The van der Waals surface area contributed by atoms with E-state index in [1.165, 1.54) is 0 Å². The molecule has 0 aromatic rings. The molecule has 4 heteroatoms. The molecule has 3 unspecified atom stereocenters. The molecule has 0 aromatic carbocycles. The Morgan fingerprint density at radius 3 is 2.20 bits per heavy atom. The van der Waals surface area contributed by atoms with E-state index < -0.39 is 16.9 Å². The van der Waals surface area contributed by atoms with E-state index in [1.54, 1.807) is 0 Å². The molecule has 0 heterocycles. The Balaban J connectivity index is 3.21. The van der Waals surface area contributed by atoms with Crippen LogP contribution in [0, 0.1) is 23.2 Å². The smallest absolute Gasteiger partial charge is 0.319 e. The van der Waals surface area contributed by atoms with E-state index in [9.17, 15) is 14.7 Å². The van der Waals surface area contributed by atoms with Gasteiger partial charge in [0, 0.05) is 5.54 Å². The number of carboxylic acid groups (broad SMARTS) is 1. The molecule has 116 valence electrons. The molecule has 3 atom stereocenters. The summed E-state index contributed by atoms with van der Waals surface area (Å²) in [5.41, 5.74) is -1.69. The summed E-state index contributed by atoms with van der Waals surface area (Å²) >= 11 is 0. The van der Waals surface area contributed by atoms with Gasteiger partial charge in [-0.25, -0.2) is 0 Å². The van der Waals surface area contributed by atoms with Crippen LogP contribution < -0.4 is 5.32 Å². The van der Waals surface area contributed by atoms with Gasteiger partial charge in [0.1, 0.15) is 5.41 Å². The molecule has 1 aliphatic rings. The second-order valence-electron chi connectivity index (χ2n) is 7.72. The van der Waals surface area contributed by atoms with Crippen molar-refractivity contribution in [3.8, 4) is 0 Å². The van der Waals surface area contributed by atoms with E-state index in [-0.39, 0.29) is 23.7 Å². The van der Waals surface area contributed by atoms with Gasteiger partial charge in [-0.1, -0.05) is 27.2 Å². The first kappa shape index (κ1) is 17.0. The summed E-state index contributed by atoms with van der Waals surface area (Å²) in [5, 5.41) is 12.7. The van der Waals surface area contributed by atoms with Crippen LogP contribution in [0.25, 0.3) is 0 Å². The highest BCUT2D eigenvalue weighted by atomic mass is 16.4. The average Bonchev–Trinajstić information content (AvgIpc) is 2.25. The predicted molar refractivity (Wildman–Crippen MR) is 79.3 cm³/mol. The lowest BCUT2D eigenvalue weighted by Gasteiger charge is -2.45. The summed E-state index contributed by atoms with van der Waals surface area (Å²) < 4.78 is 0. The number of carbonyl (C=O) groups excluding carboxylic acids is 1. The average molecular weight is 283 g/mol. The van der Waals surface area contributed by atoms with Crippen molar-refractivity contribution < 1.29 is 14.7 Å². The minimum absolute atomic E-state index is 0.0986. The van der Waals surface area contributed by atoms with Gasteiger partial charge < -0.3 is 10.4 Å². The van der Waals surface area contributed by atoms with Crippen LogP contribution in [0.4, 0.5) is 0 Å². The summed E-state index contributed by atoms with van der Waals surface area (Å²) in [5.74, 6) is -0.929. The molecule has 1 saturated carbocycles. The van der Waals surface area contributed by atoms with Crippen LogP contribution in [-0.4, -0.2) is 22.5 Å². The van der Waals surface area contributed by atoms with Crippen molar-refractivity contribution >= 4 is 11.9 Å². The van der Waals surface area contributed by atoms with Crippen LogP contribution in [0.1, 0.15) is 60.8 Å². The van der Waals surface area contributed by atoms with Gasteiger partial charge in [-0.05, 0) is 51.4 Å². The van der Waals surface area contributed by atoms with E-state index >= 15 is 0 Å². The van der Waals surface area contributed by atoms with E-state index in [0.29, 0.717) is 6.42 Å². The Morgan fingerprint density at radius 1 is 1.25 bits per heavy atom. The monoisotopic (exact) mass is 283 g/mol. The van der Waals surface area contributed by atoms with Crippen molar-refractivity contribution in [2.24, 2.45) is 23.2 Å². The molecule has 1 rings (SSSR count). The van der Waals surface area contributed by atoms with Crippen molar-refractivity contribution in [2.45, 2.75) is 66.3 Å². The molecule has 2 N–H and O–H groups in total. The normalized spacial score (nSPS) is 31.1. The first-order valence-corrected chi connectivity index (χ1v) is 7.56. The SMILES string of the molecule is CC1CCC(C(C)C)C(C(=O)O)(C(=O)NC(C)(C)C)C1. The molecule has 0 aliphatic heterocycles. The molecule has 0 spiro atoms. The first-order chi connectivity index (χ1) is 9.00. The number of rotatable bonds is 3. The maximum Gasteiger partial charge on any atom is 0.319 e. The molecule has 0 bridgehead atoms. The minimum Gasteiger partial charge on any atom is -0.480 e. The number of hydrogen-bond donors (Lipinski definition) is 2. The Bertz CT molecular complexity index is 384. The topological polar surface area (TPSA) is 66.4 Å². The lowest BCUT2D eigenvalue weighted by atomic mass is 9.59. The number of nitrogens with one attached hydrogen (secondary N) is 1. The number of carboxylic acids is 1. The molecule has 0 radical (unpaired) electrons. The van der Waals surface area contributed by atoms with Crippen LogP contribution in [0.2, 0.25) is 0 Å². The third-order valence-electron chi connectivity index (χ3n) is 4.35. The van der Waals surface area contributed by atoms with Gasteiger partial charge in [-0.2, -0.15) is 0 Å². The van der Waals surface area contributed by atoms with Crippen molar-refractivity contribution in [2.75, 3.05) is 0 Å². The van der Waals surface area contributed by atoms with Gasteiger partial charge in [0.05, 0.1) is 0 Å². The Labute approximate surface area is 122 Å². The van der Waals surface area contributed by atoms with Crippen molar-refractivity contribution in [1.29, 1.82) is 0 Å². The number of carbonyl (C=O) groups is 2. The lowest BCUT2D eigenvalue weighted by Crippen LogP contribution is -2.58. The van der Waals surface area contributed by atoms with E-state index in [1.807, 2.05) is 41.5 Å². The largest absolute Gasteiger partial charge is 0.480 e. The maximum atomic E-state index is 12.7. The van der Waals surface area contributed by atoms with Crippen molar-refractivity contribution in [3.63, 3.8) is 0 Å². The quantitative estimate of drug-likeness (QED) is 0.782.